The Labute approximate surface area is 102 Å². The van der Waals surface area contributed by atoms with Gasteiger partial charge in [0.2, 0.25) is 0 Å². The van der Waals surface area contributed by atoms with Crippen molar-refractivity contribution in [3.63, 3.8) is 0 Å². The molecule has 3 aromatic rings. The fourth-order valence-electron chi connectivity index (χ4n) is 1.85. The molecule has 0 fully saturated rings. The second kappa shape index (κ2) is 3.91. The summed E-state index contributed by atoms with van der Waals surface area (Å²) in [6.07, 6.45) is 0.826. The van der Waals surface area contributed by atoms with Crippen LogP contribution in [0.25, 0.3) is 11.0 Å². The van der Waals surface area contributed by atoms with E-state index in [0.717, 1.165) is 10.3 Å². The molecule has 1 atom stereocenters. The van der Waals surface area contributed by atoms with Crippen LogP contribution in [0, 0.1) is 0 Å². The number of aliphatic hydroxyl groups is 1. The Morgan fingerprint density at radius 3 is 2.88 bits per heavy atom. The molecule has 0 radical (unpaired) electrons. The zero-order valence-electron chi connectivity index (χ0n) is 8.83. The summed E-state index contributed by atoms with van der Waals surface area (Å²) in [5.74, 6) is 0.165. The number of phenols is 1. The number of furan rings is 1. The smallest absolute Gasteiger partial charge is 0.134 e. The summed E-state index contributed by atoms with van der Waals surface area (Å²) in [7, 11) is 0. The topological polar surface area (TPSA) is 53.6 Å². The summed E-state index contributed by atoms with van der Waals surface area (Å²) < 4.78 is 5.36. The van der Waals surface area contributed by atoms with Gasteiger partial charge in [-0.15, -0.1) is 11.3 Å². The molecule has 0 saturated heterocycles. The maximum atomic E-state index is 10.2. The summed E-state index contributed by atoms with van der Waals surface area (Å²) in [5.41, 5.74) is 1.34. The van der Waals surface area contributed by atoms with Gasteiger partial charge in [0.15, 0.2) is 0 Å². The van der Waals surface area contributed by atoms with Gasteiger partial charge >= 0.3 is 0 Å². The van der Waals surface area contributed by atoms with Crippen molar-refractivity contribution in [1.29, 1.82) is 0 Å². The molecule has 0 bridgehead atoms. The molecule has 0 aliphatic heterocycles. The SMILES string of the molecule is Oc1ccc2occ([C@H](O)c3cccs3)c2c1. The molecule has 0 amide bonds. The van der Waals surface area contributed by atoms with Gasteiger partial charge in [-0.25, -0.2) is 0 Å². The van der Waals surface area contributed by atoms with Gasteiger partial charge in [0.05, 0.1) is 6.26 Å². The summed E-state index contributed by atoms with van der Waals surface area (Å²) >= 11 is 1.49. The molecule has 0 spiro atoms. The maximum Gasteiger partial charge on any atom is 0.134 e. The van der Waals surface area contributed by atoms with E-state index in [4.69, 9.17) is 4.42 Å². The van der Waals surface area contributed by atoms with Crippen molar-refractivity contribution in [2.24, 2.45) is 0 Å². The molecule has 0 aliphatic carbocycles. The van der Waals surface area contributed by atoms with E-state index in [1.807, 2.05) is 17.5 Å². The van der Waals surface area contributed by atoms with Crippen molar-refractivity contribution in [2.45, 2.75) is 6.10 Å². The van der Waals surface area contributed by atoms with E-state index in [1.54, 1.807) is 18.2 Å². The molecule has 1 aromatic carbocycles. The predicted molar refractivity (Wildman–Crippen MR) is 66.3 cm³/mol. The van der Waals surface area contributed by atoms with Crippen LogP contribution in [-0.2, 0) is 0 Å². The predicted octanol–water partition coefficient (Wildman–Crippen LogP) is 3.28. The average molecular weight is 246 g/mol. The molecule has 3 nitrogen and oxygen atoms in total. The third kappa shape index (κ3) is 1.71. The molecule has 3 rings (SSSR count). The van der Waals surface area contributed by atoms with E-state index in [2.05, 4.69) is 0 Å². The number of fused-ring (bicyclic) bond motifs is 1. The first-order valence-electron chi connectivity index (χ1n) is 5.17. The van der Waals surface area contributed by atoms with Gasteiger partial charge in [0.25, 0.3) is 0 Å². The van der Waals surface area contributed by atoms with Crippen molar-refractivity contribution < 1.29 is 14.6 Å². The first-order valence-corrected chi connectivity index (χ1v) is 6.05. The number of hydrogen-bond acceptors (Lipinski definition) is 4. The van der Waals surface area contributed by atoms with Crippen LogP contribution in [0.15, 0.2) is 46.4 Å². The average Bonchev–Trinajstić information content (AvgIpc) is 2.97. The molecule has 0 unspecified atom stereocenters. The number of hydrogen-bond donors (Lipinski definition) is 2. The monoisotopic (exact) mass is 246 g/mol. The summed E-state index contributed by atoms with van der Waals surface area (Å²) in [5, 5.41) is 22.3. The lowest BCUT2D eigenvalue weighted by Gasteiger charge is -2.06. The van der Waals surface area contributed by atoms with Crippen molar-refractivity contribution in [3.05, 3.63) is 52.4 Å². The van der Waals surface area contributed by atoms with E-state index in [1.165, 1.54) is 17.6 Å². The van der Waals surface area contributed by atoms with E-state index in [9.17, 15) is 10.2 Å². The Morgan fingerprint density at radius 2 is 2.12 bits per heavy atom. The molecular formula is C13H10O3S. The highest BCUT2D eigenvalue weighted by Crippen LogP contribution is 2.33. The van der Waals surface area contributed by atoms with Gasteiger partial charge in [0.1, 0.15) is 17.4 Å². The van der Waals surface area contributed by atoms with Crippen LogP contribution < -0.4 is 0 Å². The zero-order chi connectivity index (χ0) is 11.8. The number of thiophene rings is 1. The van der Waals surface area contributed by atoms with Crippen molar-refractivity contribution in [1.82, 2.24) is 0 Å². The van der Waals surface area contributed by atoms with Crippen molar-refractivity contribution in [2.75, 3.05) is 0 Å². The Morgan fingerprint density at radius 1 is 1.24 bits per heavy atom. The Balaban J connectivity index is 2.14. The van der Waals surface area contributed by atoms with Crippen LogP contribution in [0.3, 0.4) is 0 Å². The van der Waals surface area contributed by atoms with Gasteiger partial charge in [-0.3, -0.25) is 0 Å². The van der Waals surface area contributed by atoms with Crippen molar-refractivity contribution in [3.8, 4) is 5.75 Å². The highest BCUT2D eigenvalue weighted by atomic mass is 32.1. The van der Waals surface area contributed by atoms with Gasteiger partial charge in [-0.05, 0) is 29.6 Å². The molecule has 2 N–H and O–H groups in total. The second-order valence-corrected chi connectivity index (χ2v) is 4.77. The molecule has 86 valence electrons. The molecule has 0 saturated carbocycles. The van der Waals surface area contributed by atoms with Crippen LogP contribution in [0.2, 0.25) is 0 Å². The molecule has 0 aliphatic rings. The Bertz CT molecular complexity index is 640. The van der Waals surface area contributed by atoms with Crippen LogP contribution in [0.4, 0.5) is 0 Å². The molecular weight excluding hydrogens is 236 g/mol. The third-order valence-corrected chi connectivity index (χ3v) is 3.62. The van der Waals surface area contributed by atoms with Gasteiger partial charge in [-0.1, -0.05) is 6.07 Å². The standard InChI is InChI=1S/C13H10O3S/c14-8-3-4-11-9(6-8)10(7-16-11)13(15)12-2-1-5-17-12/h1-7,13-15H/t13-/m0/s1. The highest BCUT2D eigenvalue weighted by Gasteiger charge is 2.17. The largest absolute Gasteiger partial charge is 0.508 e. The number of aromatic hydroxyl groups is 1. The van der Waals surface area contributed by atoms with Crippen molar-refractivity contribution >= 4 is 22.3 Å². The fraction of sp³-hybridized carbons (Fsp3) is 0.0769. The normalized spacial score (nSPS) is 13.0. The summed E-state index contributed by atoms with van der Waals surface area (Å²) in [6, 6.07) is 8.62. The highest BCUT2D eigenvalue weighted by molar-refractivity contribution is 7.10. The minimum atomic E-state index is -0.710. The van der Waals surface area contributed by atoms with Crippen LogP contribution >= 0.6 is 11.3 Å². The van der Waals surface area contributed by atoms with E-state index in [0.29, 0.717) is 11.1 Å². The third-order valence-electron chi connectivity index (χ3n) is 2.69. The number of phenolic OH excluding ortho intramolecular Hbond substituents is 1. The first-order chi connectivity index (χ1) is 8.25. The van der Waals surface area contributed by atoms with Gasteiger partial charge in [-0.2, -0.15) is 0 Å². The lowest BCUT2D eigenvalue weighted by atomic mass is 10.1. The fourth-order valence-corrected chi connectivity index (χ4v) is 2.58. The lowest BCUT2D eigenvalue weighted by Crippen LogP contribution is -1.95. The van der Waals surface area contributed by atoms with Crippen LogP contribution in [0.5, 0.6) is 5.75 Å². The number of aliphatic hydroxyl groups excluding tert-OH is 1. The zero-order valence-corrected chi connectivity index (χ0v) is 9.65. The molecule has 2 aromatic heterocycles. The number of benzene rings is 1. The van der Waals surface area contributed by atoms with Gasteiger partial charge in [0, 0.05) is 15.8 Å². The van der Waals surface area contributed by atoms with Crippen LogP contribution in [-0.4, -0.2) is 10.2 Å². The van der Waals surface area contributed by atoms with Crippen LogP contribution in [0.1, 0.15) is 16.5 Å². The van der Waals surface area contributed by atoms with E-state index < -0.39 is 6.10 Å². The summed E-state index contributed by atoms with van der Waals surface area (Å²) in [6.45, 7) is 0. The van der Waals surface area contributed by atoms with E-state index in [-0.39, 0.29) is 5.75 Å². The minimum Gasteiger partial charge on any atom is -0.508 e. The molecule has 2 heterocycles. The Kier molecular flexibility index (Phi) is 2.39. The molecule has 4 heteroatoms. The van der Waals surface area contributed by atoms with Gasteiger partial charge < -0.3 is 14.6 Å². The Hall–Kier alpha value is -1.78. The first kappa shape index (κ1) is 10.4. The summed E-state index contributed by atoms with van der Waals surface area (Å²) in [4.78, 5) is 0.857. The quantitative estimate of drug-likeness (QED) is 0.729. The molecule has 17 heavy (non-hydrogen) atoms. The second-order valence-electron chi connectivity index (χ2n) is 3.79. The minimum absolute atomic E-state index is 0.165. The lowest BCUT2D eigenvalue weighted by molar-refractivity contribution is 0.224. The van der Waals surface area contributed by atoms with E-state index >= 15 is 0 Å². The number of rotatable bonds is 2. The maximum absolute atomic E-state index is 10.2.